The highest BCUT2D eigenvalue weighted by Gasteiger charge is 2.38. The van der Waals surface area contributed by atoms with Crippen LogP contribution in [0, 0.1) is 0 Å². The van der Waals surface area contributed by atoms with Crippen molar-refractivity contribution < 1.29 is 32.5 Å². The summed E-state index contributed by atoms with van der Waals surface area (Å²) in [5, 5.41) is 9.36. The first-order chi connectivity index (χ1) is 21.5. The van der Waals surface area contributed by atoms with Crippen LogP contribution in [0.5, 0.6) is 0 Å². The highest BCUT2D eigenvalue weighted by Crippen LogP contribution is 2.29. The van der Waals surface area contributed by atoms with E-state index in [1.165, 1.54) is 0 Å². The highest BCUT2D eigenvalue weighted by molar-refractivity contribution is 6.02. The second kappa shape index (κ2) is 14.6. The first kappa shape index (κ1) is 32.8. The van der Waals surface area contributed by atoms with Crippen LogP contribution in [0.2, 0.25) is 0 Å². The normalized spacial score (nSPS) is 12.4. The number of benzene rings is 3. The third-order valence-electron chi connectivity index (χ3n) is 6.74. The van der Waals surface area contributed by atoms with E-state index in [0.29, 0.717) is 38.0 Å². The standard InChI is InChI=1S/C30H32N6O2.C2HF3O2/c1-37-13-11-33-29(31)23-9-7-21-15-25(35-27(21)17-23)19-3-5-20(6-4-19)26-16-22-8-10-24(18-28(22)36-26)30(32)34-12-14-38-2;3-2(4,5)1(6)7/h3-10,15-18,35-36H,11-14H2,1-2H3,(H2,31,33)(H2,32,34);(H,6,7). The summed E-state index contributed by atoms with van der Waals surface area (Å²) >= 11 is 0. The lowest BCUT2D eigenvalue weighted by Crippen LogP contribution is -2.21. The van der Waals surface area contributed by atoms with Gasteiger partial charge in [0.2, 0.25) is 0 Å². The van der Waals surface area contributed by atoms with Gasteiger partial charge in [0.1, 0.15) is 11.7 Å². The molecule has 7 N–H and O–H groups in total. The Kier molecular flexibility index (Phi) is 10.6. The molecule has 10 nitrogen and oxygen atoms in total. The van der Waals surface area contributed by atoms with E-state index >= 15 is 0 Å². The van der Waals surface area contributed by atoms with E-state index in [0.717, 1.165) is 55.4 Å². The second-order valence-corrected chi connectivity index (χ2v) is 9.87. The molecule has 236 valence electrons. The smallest absolute Gasteiger partial charge is 0.475 e. The summed E-state index contributed by atoms with van der Waals surface area (Å²) in [6.45, 7) is 2.17. The molecule has 0 aliphatic heterocycles. The summed E-state index contributed by atoms with van der Waals surface area (Å²) in [6, 6.07) is 25.0. The number of carbonyl (C=O) groups is 1. The number of carboxylic acid groups (broad SMARTS) is 1. The van der Waals surface area contributed by atoms with Crippen LogP contribution < -0.4 is 11.5 Å². The fourth-order valence-corrected chi connectivity index (χ4v) is 4.41. The minimum absolute atomic E-state index is 0.510. The number of aromatic amines is 2. The van der Waals surface area contributed by atoms with Gasteiger partial charge in [0.05, 0.1) is 26.3 Å². The number of alkyl halides is 3. The Morgan fingerprint density at radius 3 is 1.44 bits per heavy atom. The lowest BCUT2D eigenvalue weighted by Gasteiger charge is -2.02. The lowest BCUT2D eigenvalue weighted by molar-refractivity contribution is -0.192. The minimum atomic E-state index is -5.08. The largest absolute Gasteiger partial charge is 0.490 e. The molecule has 0 bridgehead atoms. The fraction of sp³-hybridized carbons (Fsp3) is 0.219. The zero-order valence-electron chi connectivity index (χ0n) is 24.6. The number of rotatable bonds is 10. The molecule has 0 radical (unpaired) electrons. The Morgan fingerprint density at radius 2 is 1.11 bits per heavy atom. The number of hydrogen-bond acceptors (Lipinski definition) is 5. The fourth-order valence-electron chi connectivity index (χ4n) is 4.41. The molecule has 13 heteroatoms. The molecule has 0 unspecified atom stereocenters. The number of H-pyrrole nitrogens is 2. The summed E-state index contributed by atoms with van der Waals surface area (Å²) in [5.41, 5.74) is 20.4. The van der Waals surface area contributed by atoms with Gasteiger partial charge in [-0.1, -0.05) is 48.5 Å². The van der Waals surface area contributed by atoms with Crippen molar-refractivity contribution in [2.45, 2.75) is 6.18 Å². The van der Waals surface area contributed by atoms with Gasteiger partial charge in [0.25, 0.3) is 0 Å². The van der Waals surface area contributed by atoms with Crippen LogP contribution in [0.4, 0.5) is 13.2 Å². The van der Waals surface area contributed by atoms with Gasteiger partial charge >= 0.3 is 12.1 Å². The van der Waals surface area contributed by atoms with Crippen LogP contribution in [0.15, 0.2) is 82.8 Å². The quantitative estimate of drug-likeness (QED) is 0.0804. The molecule has 0 aliphatic carbocycles. The molecule has 0 spiro atoms. The topological polar surface area (TPSA) is 164 Å². The molecule has 0 amide bonds. The first-order valence-corrected chi connectivity index (χ1v) is 13.7. The summed E-state index contributed by atoms with van der Waals surface area (Å²) < 4.78 is 41.8. The van der Waals surface area contributed by atoms with Gasteiger partial charge in [-0.3, -0.25) is 9.98 Å². The lowest BCUT2D eigenvalue weighted by atomic mass is 10.1. The molecule has 0 saturated heterocycles. The molecular formula is C32H33F3N6O4. The maximum atomic E-state index is 10.6. The predicted molar refractivity (Wildman–Crippen MR) is 170 cm³/mol. The minimum Gasteiger partial charge on any atom is -0.475 e. The number of fused-ring (bicyclic) bond motifs is 2. The number of methoxy groups -OCH3 is 2. The van der Waals surface area contributed by atoms with E-state index in [4.69, 9.17) is 30.8 Å². The van der Waals surface area contributed by atoms with Crippen LogP contribution in [-0.2, 0) is 14.3 Å². The van der Waals surface area contributed by atoms with Crippen LogP contribution in [0.3, 0.4) is 0 Å². The average molecular weight is 623 g/mol. The number of aliphatic carboxylic acids is 1. The maximum Gasteiger partial charge on any atom is 0.490 e. The summed E-state index contributed by atoms with van der Waals surface area (Å²) in [4.78, 5) is 24.7. The number of amidine groups is 2. The molecule has 5 aromatic rings. The van der Waals surface area contributed by atoms with Crippen molar-refractivity contribution in [3.63, 3.8) is 0 Å². The van der Waals surface area contributed by atoms with E-state index in [1.807, 2.05) is 24.3 Å². The number of aromatic nitrogens is 2. The number of ether oxygens (including phenoxy) is 2. The van der Waals surface area contributed by atoms with E-state index in [9.17, 15) is 13.2 Å². The summed E-state index contributed by atoms with van der Waals surface area (Å²) in [6.07, 6.45) is -5.08. The van der Waals surface area contributed by atoms with E-state index in [-0.39, 0.29) is 0 Å². The molecule has 3 aromatic carbocycles. The van der Waals surface area contributed by atoms with Crippen molar-refractivity contribution in [2.75, 3.05) is 40.5 Å². The van der Waals surface area contributed by atoms with Crippen molar-refractivity contribution in [2.24, 2.45) is 21.5 Å². The van der Waals surface area contributed by atoms with E-state index in [1.54, 1.807) is 14.2 Å². The molecule has 5 rings (SSSR count). The van der Waals surface area contributed by atoms with Gasteiger partial charge in [-0.05, 0) is 35.4 Å². The molecule has 0 saturated carbocycles. The summed E-state index contributed by atoms with van der Waals surface area (Å²) in [5.74, 6) is -1.74. The van der Waals surface area contributed by atoms with Gasteiger partial charge in [-0.25, -0.2) is 4.79 Å². The van der Waals surface area contributed by atoms with Crippen molar-refractivity contribution in [1.29, 1.82) is 0 Å². The van der Waals surface area contributed by atoms with Crippen LogP contribution >= 0.6 is 0 Å². The third-order valence-corrected chi connectivity index (χ3v) is 6.74. The number of nitrogens with one attached hydrogen (secondary N) is 2. The number of nitrogens with zero attached hydrogens (tertiary/aromatic N) is 2. The maximum absolute atomic E-state index is 10.6. The van der Waals surface area contributed by atoms with Crippen molar-refractivity contribution in [3.05, 3.63) is 83.9 Å². The van der Waals surface area contributed by atoms with Crippen LogP contribution in [0.1, 0.15) is 11.1 Å². The molecule has 45 heavy (non-hydrogen) atoms. The SMILES string of the molecule is COCCN=C(N)c1ccc2cc(-c3ccc(-c4cc5ccc(C(N)=NCCOC)cc5[nH]4)cc3)[nH]c2c1.O=C(O)C(F)(F)F. The Labute approximate surface area is 256 Å². The number of hydrogen-bond donors (Lipinski definition) is 5. The van der Waals surface area contributed by atoms with Gasteiger partial charge in [-0.15, -0.1) is 0 Å². The van der Waals surface area contributed by atoms with Crippen molar-refractivity contribution in [1.82, 2.24) is 9.97 Å². The monoisotopic (exact) mass is 622 g/mol. The number of aliphatic imine (C=N–C) groups is 2. The highest BCUT2D eigenvalue weighted by atomic mass is 19.4. The molecule has 0 atom stereocenters. The average Bonchev–Trinajstić information content (AvgIpc) is 3.65. The first-order valence-electron chi connectivity index (χ1n) is 13.7. The number of halogens is 3. The molecule has 2 heterocycles. The van der Waals surface area contributed by atoms with E-state index in [2.05, 4.69) is 68.5 Å². The Balaban J connectivity index is 0.000000591. The van der Waals surface area contributed by atoms with Crippen LogP contribution in [0.25, 0.3) is 44.3 Å². The zero-order valence-corrected chi connectivity index (χ0v) is 24.6. The Morgan fingerprint density at radius 1 is 0.733 bits per heavy atom. The number of nitrogens with two attached hydrogens (primary N) is 2. The number of carboxylic acids is 1. The van der Waals surface area contributed by atoms with Gasteiger partial charge in [0, 0.05) is 58.5 Å². The molecule has 0 fully saturated rings. The van der Waals surface area contributed by atoms with Gasteiger partial charge < -0.3 is 36.0 Å². The third kappa shape index (κ3) is 8.49. The van der Waals surface area contributed by atoms with Gasteiger partial charge in [0.15, 0.2) is 0 Å². The van der Waals surface area contributed by atoms with Crippen molar-refractivity contribution in [3.8, 4) is 22.5 Å². The summed E-state index contributed by atoms with van der Waals surface area (Å²) in [7, 11) is 3.30. The molecule has 2 aromatic heterocycles. The van der Waals surface area contributed by atoms with Crippen molar-refractivity contribution >= 4 is 39.4 Å². The Hall–Kier alpha value is -5.14. The van der Waals surface area contributed by atoms with Gasteiger partial charge in [-0.2, -0.15) is 13.2 Å². The Bertz CT molecular complexity index is 1700. The zero-order chi connectivity index (χ0) is 32.6. The predicted octanol–water partition coefficient (Wildman–Crippen LogP) is 5.32. The second-order valence-electron chi connectivity index (χ2n) is 9.87. The molecular weight excluding hydrogens is 589 g/mol. The van der Waals surface area contributed by atoms with Crippen LogP contribution in [-0.4, -0.2) is 79.4 Å². The molecule has 0 aliphatic rings. The van der Waals surface area contributed by atoms with E-state index < -0.39 is 12.1 Å².